The van der Waals surface area contributed by atoms with E-state index in [4.69, 9.17) is 10.7 Å². The highest BCUT2D eigenvalue weighted by Crippen LogP contribution is 2.43. The maximum atomic E-state index is 12.7. The molecule has 5 nitrogen and oxygen atoms in total. The molecule has 0 aromatic heterocycles. The van der Waals surface area contributed by atoms with E-state index in [0.29, 0.717) is 0 Å². The second kappa shape index (κ2) is 5.13. The number of nitrogens with zero attached hydrogens (tertiary/aromatic N) is 1. The summed E-state index contributed by atoms with van der Waals surface area (Å²) in [6.45, 7) is 0. The molecule has 1 rings (SSSR count). The minimum absolute atomic E-state index is 0.0168. The van der Waals surface area contributed by atoms with Crippen LogP contribution < -0.4 is 0 Å². The van der Waals surface area contributed by atoms with Gasteiger partial charge in [0.25, 0.3) is 21.2 Å². The first-order valence-corrected chi connectivity index (χ1v) is 6.79. The molecule has 0 saturated heterocycles. The third kappa shape index (κ3) is 3.33. The molecule has 12 heteroatoms. The van der Waals surface area contributed by atoms with Crippen LogP contribution in [0.5, 0.6) is 0 Å². The average Bonchev–Trinajstić information content (AvgIpc) is 2.24. The van der Waals surface area contributed by atoms with Crippen LogP contribution in [0.4, 0.5) is 27.6 Å². The van der Waals surface area contributed by atoms with Gasteiger partial charge in [0.1, 0.15) is 4.90 Å². The summed E-state index contributed by atoms with van der Waals surface area (Å²) in [5.74, 6) is 0. The molecule has 0 saturated carbocycles. The molecule has 0 fully saturated rings. The number of rotatable bonds is 3. The molecule has 0 atom stereocenters. The number of alkyl halides is 5. The molecule has 0 N–H and O–H groups in total. The third-order valence-electron chi connectivity index (χ3n) is 2.11. The summed E-state index contributed by atoms with van der Waals surface area (Å²) in [5.41, 5.74) is -5.29. The standard InChI is InChI=1S/C8H3ClF5NO4S/c9-20(18,19)5-2-3(15(16)17)1-4(7(10)11)6(5)8(12,13)14/h1-2,7H. The van der Waals surface area contributed by atoms with Crippen LogP contribution in [0, 0.1) is 10.1 Å². The van der Waals surface area contributed by atoms with Crippen LogP contribution in [0.3, 0.4) is 0 Å². The Morgan fingerprint density at radius 3 is 2.05 bits per heavy atom. The molecule has 1 aromatic carbocycles. The number of hydrogen-bond donors (Lipinski definition) is 0. The van der Waals surface area contributed by atoms with Crippen molar-refractivity contribution in [2.75, 3.05) is 0 Å². The van der Waals surface area contributed by atoms with Gasteiger partial charge in [-0.15, -0.1) is 0 Å². The molecule has 0 spiro atoms. The smallest absolute Gasteiger partial charge is 0.258 e. The van der Waals surface area contributed by atoms with Gasteiger partial charge in [-0.05, 0) is 0 Å². The van der Waals surface area contributed by atoms with Crippen molar-refractivity contribution in [2.45, 2.75) is 17.5 Å². The zero-order valence-electron chi connectivity index (χ0n) is 8.99. The Bertz CT molecular complexity index is 658. The number of halogens is 6. The third-order valence-corrected chi connectivity index (χ3v) is 3.46. The quantitative estimate of drug-likeness (QED) is 0.365. The molecule has 1 aromatic rings. The maximum Gasteiger partial charge on any atom is 0.418 e. The van der Waals surface area contributed by atoms with Crippen molar-refractivity contribution in [1.29, 1.82) is 0 Å². The van der Waals surface area contributed by atoms with Crippen molar-refractivity contribution >= 4 is 25.4 Å². The van der Waals surface area contributed by atoms with Crippen LogP contribution >= 0.6 is 10.7 Å². The molecule has 0 unspecified atom stereocenters. The van der Waals surface area contributed by atoms with Crippen LogP contribution in [-0.2, 0) is 15.2 Å². The fourth-order valence-corrected chi connectivity index (χ4v) is 2.50. The van der Waals surface area contributed by atoms with E-state index in [1.54, 1.807) is 0 Å². The number of benzene rings is 1. The highest BCUT2D eigenvalue weighted by Gasteiger charge is 2.42. The SMILES string of the molecule is O=[N+]([O-])c1cc(C(F)F)c(C(F)(F)F)c(S(=O)(=O)Cl)c1. The van der Waals surface area contributed by atoms with Gasteiger partial charge in [-0.25, -0.2) is 17.2 Å². The summed E-state index contributed by atoms with van der Waals surface area (Å²) in [6, 6.07) is -0.0594. The van der Waals surface area contributed by atoms with Crippen molar-refractivity contribution in [3.63, 3.8) is 0 Å². The van der Waals surface area contributed by atoms with Crippen molar-refractivity contribution in [3.05, 3.63) is 33.4 Å². The van der Waals surface area contributed by atoms with Gasteiger partial charge in [0.2, 0.25) is 0 Å². The molecule has 0 aliphatic carbocycles. The maximum absolute atomic E-state index is 12.7. The lowest BCUT2D eigenvalue weighted by atomic mass is 10.1. The van der Waals surface area contributed by atoms with Crippen LogP contribution in [0.25, 0.3) is 0 Å². The molecule has 0 aliphatic rings. The van der Waals surface area contributed by atoms with Gasteiger partial charge in [-0.1, -0.05) is 0 Å². The van der Waals surface area contributed by atoms with E-state index >= 15 is 0 Å². The monoisotopic (exact) mass is 339 g/mol. The van der Waals surface area contributed by atoms with Gasteiger partial charge in [-0.2, -0.15) is 13.2 Å². The van der Waals surface area contributed by atoms with Crippen molar-refractivity contribution < 1.29 is 35.3 Å². The van der Waals surface area contributed by atoms with Gasteiger partial charge in [0.15, 0.2) is 0 Å². The second-order valence-corrected chi connectivity index (χ2v) is 5.94. The Morgan fingerprint density at radius 2 is 1.75 bits per heavy atom. The van der Waals surface area contributed by atoms with Gasteiger partial charge < -0.3 is 0 Å². The lowest BCUT2D eigenvalue weighted by Gasteiger charge is -2.15. The number of hydrogen-bond acceptors (Lipinski definition) is 4. The van der Waals surface area contributed by atoms with E-state index in [1.807, 2.05) is 0 Å². The summed E-state index contributed by atoms with van der Waals surface area (Å²) < 4.78 is 85.4. The van der Waals surface area contributed by atoms with Crippen LogP contribution in [0.2, 0.25) is 0 Å². The van der Waals surface area contributed by atoms with Gasteiger partial charge >= 0.3 is 6.18 Å². The summed E-state index contributed by atoms with van der Waals surface area (Å²) in [6.07, 6.45) is -9.25. The fraction of sp³-hybridized carbons (Fsp3) is 0.250. The zero-order chi connectivity index (χ0) is 15.9. The predicted octanol–water partition coefficient (Wildman–Crippen LogP) is 3.48. The Balaban J connectivity index is 3.92. The van der Waals surface area contributed by atoms with Crippen molar-refractivity contribution in [3.8, 4) is 0 Å². The molecular weight excluding hydrogens is 337 g/mol. The summed E-state index contributed by atoms with van der Waals surface area (Å²) >= 11 is 0. The van der Waals surface area contributed by atoms with Crippen LogP contribution in [-0.4, -0.2) is 13.3 Å². The van der Waals surface area contributed by atoms with E-state index in [-0.39, 0.29) is 12.1 Å². The summed E-state index contributed by atoms with van der Waals surface area (Å²) in [5, 5.41) is 10.5. The van der Waals surface area contributed by atoms with Crippen molar-refractivity contribution in [2.24, 2.45) is 0 Å². The van der Waals surface area contributed by atoms with E-state index in [9.17, 15) is 40.5 Å². The predicted molar refractivity (Wildman–Crippen MR) is 56.1 cm³/mol. The second-order valence-electron chi connectivity index (χ2n) is 3.40. The number of non-ortho nitro benzene ring substituents is 1. The van der Waals surface area contributed by atoms with Gasteiger partial charge in [0.05, 0.1) is 10.5 Å². The minimum atomic E-state index is -5.47. The highest BCUT2D eigenvalue weighted by molar-refractivity contribution is 8.13. The average molecular weight is 340 g/mol. The molecule has 0 amide bonds. The lowest BCUT2D eigenvalue weighted by molar-refractivity contribution is -0.385. The molecule has 0 heterocycles. The van der Waals surface area contributed by atoms with Crippen molar-refractivity contribution in [1.82, 2.24) is 0 Å². The van der Waals surface area contributed by atoms with E-state index in [1.165, 1.54) is 0 Å². The Morgan fingerprint density at radius 1 is 1.25 bits per heavy atom. The number of nitro benzene ring substituents is 1. The fourth-order valence-electron chi connectivity index (χ4n) is 1.40. The molecule has 112 valence electrons. The Hall–Kier alpha value is -1.49. The lowest BCUT2D eigenvalue weighted by Crippen LogP contribution is -2.15. The Kier molecular flexibility index (Phi) is 4.25. The topological polar surface area (TPSA) is 77.3 Å². The normalized spacial score (nSPS) is 12.8. The van der Waals surface area contributed by atoms with Gasteiger partial charge in [0, 0.05) is 28.4 Å². The number of nitro groups is 1. The molecule has 0 radical (unpaired) electrons. The van der Waals surface area contributed by atoms with E-state index in [2.05, 4.69) is 0 Å². The first-order chi connectivity index (χ1) is 8.85. The summed E-state index contributed by atoms with van der Waals surface area (Å²) in [7, 11) is -0.386. The first-order valence-electron chi connectivity index (χ1n) is 4.48. The molecule has 0 bridgehead atoms. The largest absolute Gasteiger partial charge is 0.418 e. The first kappa shape index (κ1) is 16.6. The highest BCUT2D eigenvalue weighted by atomic mass is 35.7. The van der Waals surface area contributed by atoms with Crippen LogP contribution in [0.15, 0.2) is 17.0 Å². The molecule has 0 aliphatic heterocycles. The van der Waals surface area contributed by atoms with E-state index < -0.39 is 48.3 Å². The van der Waals surface area contributed by atoms with Gasteiger partial charge in [-0.3, -0.25) is 10.1 Å². The van der Waals surface area contributed by atoms with Crippen LogP contribution in [0.1, 0.15) is 17.6 Å². The Labute approximate surface area is 112 Å². The summed E-state index contributed by atoms with van der Waals surface area (Å²) in [4.78, 5) is 7.37. The molecular formula is C8H3ClF5NO4S. The minimum Gasteiger partial charge on any atom is -0.258 e. The van der Waals surface area contributed by atoms with E-state index in [0.717, 1.165) is 0 Å². The zero-order valence-corrected chi connectivity index (χ0v) is 10.6. The molecule has 20 heavy (non-hydrogen) atoms.